The summed E-state index contributed by atoms with van der Waals surface area (Å²) in [6.45, 7) is 9.27. The number of benzene rings is 1. The van der Waals surface area contributed by atoms with E-state index >= 15 is 0 Å². The van der Waals surface area contributed by atoms with Gasteiger partial charge >= 0.3 is 11.9 Å². The maximum absolute atomic E-state index is 12.2. The van der Waals surface area contributed by atoms with Crippen LogP contribution in [0.4, 0.5) is 0 Å². The molecule has 1 N–H and O–H groups in total. The molecule has 0 heterocycles. The average molecular weight is 274 g/mol. The van der Waals surface area contributed by atoms with Gasteiger partial charge < -0.3 is 9.84 Å². The fraction of sp³-hybridized carbons (Fsp3) is 0.250. The molecule has 0 bridgehead atoms. The standard InChI is InChI=1S/C16H18O4/c1-4-11-16(5-2,6-3)20-15(19)13-10-8-7-9-12(13)14(17)18/h5-10H,2-4,11H2,1H3,(H,17,18). The van der Waals surface area contributed by atoms with Gasteiger partial charge in [0.25, 0.3) is 0 Å². The van der Waals surface area contributed by atoms with Crippen LogP contribution in [0, 0.1) is 0 Å². The molecule has 0 spiro atoms. The van der Waals surface area contributed by atoms with Gasteiger partial charge in [0.2, 0.25) is 0 Å². The van der Waals surface area contributed by atoms with Crippen LogP contribution >= 0.6 is 0 Å². The molecule has 106 valence electrons. The molecule has 0 fully saturated rings. The predicted molar refractivity (Wildman–Crippen MR) is 76.8 cm³/mol. The van der Waals surface area contributed by atoms with E-state index in [9.17, 15) is 9.59 Å². The van der Waals surface area contributed by atoms with Crippen molar-refractivity contribution in [2.24, 2.45) is 0 Å². The Hall–Kier alpha value is -2.36. The molecule has 4 heteroatoms. The number of carbonyl (C=O) groups is 2. The monoisotopic (exact) mass is 274 g/mol. The maximum atomic E-state index is 12.2. The van der Waals surface area contributed by atoms with Crippen LogP contribution in [0.15, 0.2) is 49.6 Å². The minimum absolute atomic E-state index is 0.0178. The van der Waals surface area contributed by atoms with Gasteiger partial charge in [0, 0.05) is 0 Å². The van der Waals surface area contributed by atoms with Crippen molar-refractivity contribution in [2.45, 2.75) is 25.4 Å². The SMILES string of the molecule is C=CC(C=C)(CCC)OC(=O)c1ccccc1C(=O)O. The summed E-state index contributed by atoms with van der Waals surface area (Å²) in [7, 11) is 0. The number of rotatable bonds is 7. The lowest BCUT2D eigenvalue weighted by molar-refractivity contribution is 0.0176. The Kier molecular flexibility index (Phi) is 5.26. The third-order valence-corrected chi connectivity index (χ3v) is 2.99. The molecule has 0 radical (unpaired) electrons. The molecule has 0 saturated carbocycles. The van der Waals surface area contributed by atoms with E-state index in [1.165, 1.54) is 24.3 Å². The van der Waals surface area contributed by atoms with Crippen LogP contribution in [0.2, 0.25) is 0 Å². The van der Waals surface area contributed by atoms with Crippen LogP contribution in [-0.4, -0.2) is 22.6 Å². The van der Waals surface area contributed by atoms with E-state index in [2.05, 4.69) is 13.2 Å². The van der Waals surface area contributed by atoms with Crippen molar-refractivity contribution in [3.63, 3.8) is 0 Å². The molecular formula is C16H18O4. The summed E-state index contributed by atoms with van der Waals surface area (Å²) in [5.74, 6) is -1.87. The summed E-state index contributed by atoms with van der Waals surface area (Å²) < 4.78 is 5.42. The molecule has 0 aliphatic rings. The number of hydrogen-bond acceptors (Lipinski definition) is 3. The third kappa shape index (κ3) is 3.35. The van der Waals surface area contributed by atoms with Crippen LogP contribution < -0.4 is 0 Å². The molecule has 0 aromatic heterocycles. The van der Waals surface area contributed by atoms with Gasteiger partial charge in [0.05, 0.1) is 11.1 Å². The molecule has 0 atom stereocenters. The van der Waals surface area contributed by atoms with Gasteiger partial charge in [0.1, 0.15) is 5.60 Å². The number of hydrogen-bond donors (Lipinski definition) is 1. The zero-order valence-corrected chi connectivity index (χ0v) is 11.5. The second-order valence-electron chi connectivity index (χ2n) is 4.35. The van der Waals surface area contributed by atoms with Crippen LogP contribution in [0.25, 0.3) is 0 Å². The smallest absolute Gasteiger partial charge is 0.340 e. The quantitative estimate of drug-likeness (QED) is 0.611. The second-order valence-corrected chi connectivity index (χ2v) is 4.35. The lowest BCUT2D eigenvalue weighted by Crippen LogP contribution is -2.31. The van der Waals surface area contributed by atoms with Gasteiger partial charge in [-0.05, 0) is 30.7 Å². The Morgan fingerprint density at radius 2 is 1.80 bits per heavy atom. The first-order valence-electron chi connectivity index (χ1n) is 6.32. The van der Waals surface area contributed by atoms with Crippen molar-refractivity contribution in [1.29, 1.82) is 0 Å². The van der Waals surface area contributed by atoms with Crippen LogP contribution in [0.5, 0.6) is 0 Å². The molecule has 0 saturated heterocycles. The summed E-state index contributed by atoms with van der Waals surface area (Å²) in [6.07, 6.45) is 4.32. The highest BCUT2D eigenvalue weighted by Crippen LogP contribution is 2.24. The molecule has 0 amide bonds. The molecule has 1 aromatic rings. The highest BCUT2D eigenvalue weighted by Gasteiger charge is 2.28. The van der Waals surface area contributed by atoms with Crippen LogP contribution in [-0.2, 0) is 4.74 Å². The van der Waals surface area contributed by atoms with Crippen molar-refractivity contribution in [3.8, 4) is 0 Å². The topological polar surface area (TPSA) is 63.6 Å². The van der Waals surface area contributed by atoms with Gasteiger partial charge in [0.15, 0.2) is 0 Å². The first-order chi connectivity index (χ1) is 9.49. The normalized spacial score (nSPS) is 10.7. The van der Waals surface area contributed by atoms with Crippen LogP contribution in [0.3, 0.4) is 0 Å². The number of carboxylic acid groups (broad SMARTS) is 1. The summed E-state index contributed by atoms with van der Waals surface area (Å²) >= 11 is 0. The molecule has 0 aliphatic carbocycles. The van der Waals surface area contributed by atoms with Crippen molar-refractivity contribution >= 4 is 11.9 Å². The van der Waals surface area contributed by atoms with Crippen LogP contribution in [0.1, 0.15) is 40.5 Å². The van der Waals surface area contributed by atoms with Crippen molar-refractivity contribution in [1.82, 2.24) is 0 Å². The fourth-order valence-corrected chi connectivity index (χ4v) is 1.89. The lowest BCUT2D eigenvalue weighted by Gasteiger charge is -2.26. The molecule has 1 rings (SSSR count). The van der Waals surface area contributed by atoms with Crippen molar-refractivity contribution in [3.05, 3.63) is 60.7 Å². The Morgan fingerprint density at radius 3 is 2.25 bits per heavy atom. The molecule has 0 unspecified atom stereocenters. The highest BCUT2D eigenvalue weighted by atomic mass is 16.6. The van der Waals surface area contributed by atoms with E-state index in [0.29, 0.717) is 6.42 Å². The zero-order valence-electron chi connectivity index (χ0n) is 11.5. The average Bonchev–Trinajstić information content (AvgIpc) is 2.46. The van der Waals surface area contributed by atoms with E-state index in [-0.39, 0.29) is 11.1 Å². The summed E-state index contributed by atoms with van der Waals surface area (Å²) in [4.78, 5) is 23.3. The van der Waals surface area contributed by atoms with E-state index in [0.717, 1.165) is 6.42 Å². The fourth-order valence-electron chi connectivity index (χ4n) is 1.89. The number of ether oxygens (including phenoxy) is 1. The van der Waals surface area contributed by atoms with Gasteiger partial charge in [-0.2, -0.15) is 0 Å². The molecule has 20 heavy (non-hydrogen) atoms. The van der Waals surface area contributed by atoms with E-state index in [4.69, 9.17) is 9.84 Å². The minimum atomic E-state index is -1.17. The Balaban J connectivity index is 3.10. The van der Waals surface area contributed by atoms with Gasteiger partial charge in [-0.25, -0.2) is 9.59 Å². The summed E-state index contributed by atoms with van der Waals surface area (Å²) in [5.41, 5.74) is -1.04. The van der Waals surface area contributed by atoms with Crippen molar-refractivity contribution < 1.29 is 19.4 Å². The number of aromatic carboxylic acids is 1. The van der Waals surface area contributed by atoms with E-state index in [1.807, 2.05) is 6.92 Å². The summed E-state index contributed by atoms with van der Waals surface area (Å²) in [6, 6.07) is 5.93. The van der Waals surface area contributed by atoms with E-state index < -0.39 is 17.5 Å². The Labute approximate surface area is 118 Å². The summed E-state index contributed by atoms with van der Waals surface area (Å²) in [5, 5.41) is 9.08. The molecular weight excluding hydrogens is 256 g/mol. The Bertz CT molecular complexity index is 523. The number of esters is 1. The van der Waals surface area contributed by atoms with Gasteiger partial charge in [-0.3, -0.25) is 0 Å². The largest absolute Gasteiger partial charge is 0.478 e. The number of carbonyl (C=O) groups excluding carboxylic acids is 1. The van der Waals surface area contributed by atoms with Gasteiger partial charge in [-0.15, -0.1) is 0 Å². The Morgan fingerprint density at radius 1 is 1.25 bits per heavy atom. The van der Waals surface area contributed by atoms with Gasteiger partial charge in [-0.1, -0.05) is 38.6 Å². The lowest BCUT2D eigenvalue weighted by atomic mass is 9.97. The highest BCUT2D eigenvalue weighted by molar-refractivity contribution is 6.02. The van der Waals surface area contributed by atoms with Crippen molar-refractivity contribution in [2.75, 3.05) is 0 Å². The predicted octanol–water partition coefficient (Wildman–Crippen LogP) is 3.45. The molecule has 1 aromatic carbocycles. The molecule has 4 nitrogen and oxygen atoms in total. The maximum Gasteiger partial charge on any atom is 0.340 e. The van der Waals surface area contributed by atoms with E-state index in [1.54, 1.807) is 12.1 Å². The zero-order chi connectivity index (χ0) is 15.2. The molecule has 0 aliphatic heterocycles. The minimum Gasteiger partial charge on any atom is -0.478 e. The number of carboxylic acids is 1. The first kappa shape index (κ1) is 15.7. The third-order valence-electron chi connectivity index (χ3n) is 2.99. The second kappa shape index (κ2) is 6.70. The first-order valence-corrected chi connectivity index (χ1v) is 6.32.